The third kappa shape index (κ3) is 5.16. The van der Waals surface area contributed by atoms with Crippen molar-refractivity contribution in [1.82, 2.24) is 20.6 Å². The van der Waals surface area contributed by atoms with Crippen LogP contribution in [-0.4, -0.2) is 28.5 Å². The number of imidazole rings is 1. The Balaban J connectivity index is 1.56. The molecular weight excluding hydrogens is 264 g/mol. The first-order valence-electron chi connectivity index (χ1n) is 8.19. The number of carbonyl (C=O) groups is 1. The number of unbranched alkanes of at least 4 members (excludes halogenated alkanes) is 3. The van der Waals surface area contributed by atoms with Gasteiger partial charge in [-0.05, 0) is 12.3 Å². The second-order valence-electron chi connectivity index (χ2n) is 6.35. The van der Waals surface area contributed by atoms with Crippen molar-refractivity contribution in [3.8, 4) is 0 Å². The zero-order chi connectivity index (χ0) is 15.1. The molecule has 1 atom stereocenters. The summed E-state index contributed by atoms with van der Waals surface area (Å²) in [4.78, 5) is 19.4. The van der Waals surface area contributed by atoms with Crippen LogP contribution in [0.5, 0.6) is 0 Å². The number of aromatic nitrogens is 2. The van der Waals surface area contributed by atoms with Crippen molar-refractivity contribution in [3.05, 3.63) is 17.7 Å². The van der Waals surface area contributed by atoms with Gasteiger partial charge in [0.25, 0.3) is 0 Å². The lowest BCUT2D eigenvalue weighted by Crippen LogP contribution is -2.47. The first-order valence-corrected chi connectivity index (χ1v) is 8.19. The number of rotatable bonds is 8. The van der Waals surface area contributed by atoms with Gasteiger partial charge in [0, 0.05) is 19.5 Å². The van der Waals surface area contributed by atoms with Gasteiger partial charge in [-0.1, -0.05) is 39.5 Å². The number of H-pyrrole nitrogens is 1. The number of carbonyl (C=O) groups excluding carboxylic acids is 1. The Kier molecular flexibility index (Phi) is 6.23. The van der Waals surface area contributed by atoms with Gasteiger partial charge < -0.3 is 10.3 Å². The standard InChI is InChI=1S/C16H28N4O/c1-12(2)7-5-3-4-6-8-17-16(21)14-9-13-15(10-18-14)20-11-19-13/h11-12,14,18H,3-10H2,1-2H3,(H,17,21)(H,19,20). The lowest BCUT2D eigenvalue weighted by Gasteiger charge is -2.22. The molecule has 0 spiro atoms. The molecule has 1 amide bonds. The van der Waals surface area contributed by atoms with Crippen LogP contribution < -0.4 is 10.6 Å². The van der Waals surface area contributed by atoms with Gasteiger partial charge in [-0.25, -0.2) is 4.98 Å². The first-order chi connectivity index (χ1) is 10.2. The lowest BCUT2D eigenvalue weighted by molar-refractivity contribution is -0.123. The minimum atomic E-state index is -0.137. The second-order valence-corrected chi connectivity index (χ2v) is 6.35. The van der Waals surface area contributed by atoms with E-state index in [0.717, 1.165) is 30.3 Å². The molecule has 5 heteroatoms. The zero-order valence-corrected chi connectivity index (χ0v) is 13.2. The third-order valence-corrected chi connectivity index (χ3v) is 4.05. The summed E-state index contributed by atoms with van der Waals surface area (Å²) in [7, 11) is 0. The van der Waals surface area contributed by atoms with E-state index >= 15 is 0 Å². The van der Waals surface area contributed by atoms with Crippen molar-refractivity contribution in [2.24, 2.45) is 5.92 Å². The van der Waals surface area contributed by atoms with E-state index in [2.05, 4.69) is 34.4 Å². The number of hydrogen-bond donors (Lipinski definition) is 3. The highest BCUT2D eigenvalue weighted by Gasteiger charge is 2.25. The quantitative estimate of drug-likeness (QED) is 0.643. The minimum absolute atomic E-state index is 0.103. The molecule has 2 rings (SSSR count). The zero-order valence-electron chi connectivity index (χ0n) is 13.2. The normalized spacial score (nSPS) is 17.8. The Morgan fingerprint density at radius 1 is 1.38 bits per heavy atom. The highest BCUT2D eigenvalue weighted by molar-refractivity contribution is 5.82. The molecule has 1 aliphatic heterocycles. The second kappa shape index (κ2) is 8.17. The van der Waals surface area contributed by atoms with Crippen LogP contribution in [0.15, 0.2) is 6.33 Å². The molecule has 0 saturated heterocycles. The molecule has 1 unspecified atom stereocenters. The van der Waals surface area contributed by atoms with E-state index in [0.29, 0.717) is 13.0 Å². The Bertz CT molecular complexity index is 441. The predicted octanol–water partition coefficient (Wildman–Crippen LogP) is 2.15. The average molecular weight is 292 g/mol. The summed E-state index contributed by atoms with van der Waals surface area (Å²) >= 11 is 0. The molecule has 118 valence electrons. The van der Waals surface area contributed by atoms with Crippen molar-refractivity contribution in [2.45, 2.75) is 65.0 Å². The number of hydrogen-bond acceptors (Lipinski definition) is 3. The molecule has 1 aromatic rings. The number of nitrogens with one attached hydrogen (secondary N) is 3. The first kappa shape index (κ1) is 16.0. The van der Waals surface area contributed by atoms with Gasteiger partial charge in [0.2, 0.25) is 5.91 Å². The summed E-state index contributed by atoms with van der Waals surface area (Å²) in [6.07, 6.45) is 8.54. The van der Waals surface area contributed by atoms with E-state index in [1.165, 1.54) is 25.7 Å². The maximum absolute atomic E-state index is 12.1. The molecular formula is C16H28N4O. The van der Waals surface area contributed by atoms with Crippen molar-refractivity contribution in [1.29, 1.82) is 0 Å². The smallest absolute Gasteiger partial charge is 0.237 e. The fourth-order valence-corrected chi connectivity index (χ4v) is 2.72. The summed E-state index contributed by atoms with van der Waals surface area (Å²) in [5.41, 5.74) is 2.12. The van der Waals surface area contributed by atoms with E-state index < -0.39 is 0 Å². The van der Waals surface area contributed by atoms with Gasteiger partial charge in [0.05, 0.1) is 23.8 Å². The monoisotopic (exact) mass is 292 g/mol. The Morgan fingerprint density at radius 3 is 3.00 bits per heavy atom. The SMILES string of the molecule is CC(C)CCCCCCNC(=O)C1Cc2nc[nH]c2CN1. The largest absolute Gasteiger partial charge is 0.355 e. The van der Waals surface area contributed by atoms with Gasteiger partial charge in [-0.2, -0.15) is 0 Å². The fourth-order valence-electron chi connectivity index (χ4n) is 2.72. The summed E-state index contributed by atoms with van der Waals surface area (Å²) in [6.45, 7) is 6.01. The average Bonchev–Trinajstić information content (AvgIpc) is 2.93. The van der Waals surface area contributed by atoms with Crippen molar-refractivity contribution >= 4 is 5.91 Å². The highest BCUT2D eigenvalue weighted by Crippen LogP contribution is 2.12. The molecule has 21 heavy (non-hydrogen) atoms. The van der Waals surface area contributed by atoms with Crippen LogP contribution in [0.1, 0.15) is 57.3 Å². The van der Waals surface area contributed by atoms with E-state index in [-0.39, 0.29) is 11.9 Å². The number of amides is 1. The summed E-state index contributed by atoms with van der Waals surface area (Å²) < 4.78 is 0. The fraction of sp³-hybridized carbons (Fsp3) is 0.750. The van der Waals surface area contributed by atoms with Crippen LogP contribution in [0.25, 0.3) is 0 Å². The minimum Gasteiger partial charge on any atom is -0.355 e. The Morgan fingerprint density at radius 2 is 2.19 bits per heavy atom. The summed E-state index contributed by atoms with van der Waals surface area (Å²) in [5.74, 6) is 0.903. The molecule has 2 heterocycles. The van der Waals surface area contributed by atoms with Gasteiger partial charge >= 0.3 is 0 Å². The number of aromatic amines is 1. The maximum Gasteiger partial charge on any atom is 0.237 e. The molecule has 1 aliphatic rings. The molecule has 0 aliphatic carbocycles. The molecule has 0 aromatic carbocycles. The van der Waals surface area contributed by atoms with E-state index in [9.17, 15) is 4.79 Å². The number of nitrogens with zero attached hydrogens (tertiary/aromatic N) is 1. The Labute approximate surface area is 127 Å². The van der Waals surface area contributed by atoms with Crippen LogP contribution in [0.2, 0.25) is 0 Å². The molecule has 0 fully saturated rings. The van der Waals surface area contributed by atoms with E-state index in [1.54, 1.807) is 6.33 Å². The lowest BCUT2D eigenvalue weighted by atomic mass is 10.0. The van der Waals surface area contributed by atoms with Crippen LogP contribution in [0.3, 0.4) is 0 Å². The van der Waals surface area contributed by atoms with Gasteiger partial charge in [-0.3, -0.25) is 10.1 Å². The van der Waals surface area contributed by atoms with Crippen LogP contribution in [0, 0.1) is 5.92 Å². The molecule has 0 radical (unpaired) electrons. The Hall–Kier alpha value is -1.36. The van der Waals surface area contributed by atoms with Crippen molar-refractivity contribution in [3.63, 3.8) is 0 Å². The topological polar surface area (TPSA) is 69.8 Å². The molecule has 1 aromatic heterocycles. The van der Waals surface area contributed by atoms with Gasteiger partial charge in [-0.15, -0.1) is 0 Å². The van der Waals surface area contributed by atoms with Gasteiger partial charge in [0.1, 0.15) is 0 Å². The van der Waals surface area contributed by atoms with Crippen molar-refractivity contribution < 1.29 is 4.79 Å². The summed E-state index contributed by atoms with van der Waals surface area (Å²) in [5, 5.41) is 6.29. The van der Waals surface area contributed by atoms with Gasteiger partial charge in [0.15, 0.2) is 0 Å². The maximum atomic E-state index is 12.1. The molecule has 3 N–H and O–H groups in total. The third-order valence-electron chi connectivity index (χ3n) is 4.05. The van der Waals surface area contributed by atoms with E-state index in [4.69, 9.17) is 0 Å². The number of fused-ring (bicyclic) bond motifs is 1. The van der Waals surface area contributed by atoms with Crippen LogP contribution >= 0.6 is 0 Å². The van der Waals surface area contributed by atoms with Crippen LogP contribution in [0.4, 0.5) is 0 Å². The van der Waals surface area contributed by atoms with Crippen LogP contribution in [-0.2, 0) is 17.8 Å². The molecule has 0 saturated carbocycles. The van der Waals surface area contributed by atoms with E-state index in [1.807, 2.05) is 0 Å². The molecule has 5 nitrogen and oxygen atoms in total. The molecule has 0 bridgehead atoms. The summed E-state index contributed by atoms with van der Waals surface area (Å²) in [6, 6.07) is -0.137. The highest BCUT2D eigenvalue weighted by atomic mass is 16.2. The predicted molar refractivity (Wildman–Crippen MR) is 83.9 cm³/mol. The van der Waals surface area contributed by atoms with Crippen molar-refractivity contribution in [2.75, 3.05) is 6.54 Å².